The van der Waals surface area contributed by atoms with E-state index in [-0.39, 0.29) is 24.1 Å². The average Bonchev–Trinajstić information content (AvgIpc) is 2.97. The number of fused-ring (bicyclic) bond motifs is 1. The first-order chi connectivity index (χ1) is 14.5. The first-order valence-electron chi connectivity index (χ1n) is 10.1. The number of morpholine rings is 1. The highest BCUT2D eigenvalue weighted by molar-refractivity contribution is 6.11. The third-order valence-corrected chi connectivity index (χ3v) is 5.62. The Morgan fingerprint density at radius 1 is 1.03 bits per heavy atom. The Bertz CT molecular complexity index is 956. The summed E-state index contributed by atoms with van der Waals surface area (Å²) >= 11 is 0. The second kappa shape index (κ2) is 8.28. The lowest BCUT2D eigenvalue weighted by Gasteiger charge is -2.33. The molecule has 2 aliphatic rings. The zero-order valence-electron chi connectivity index (χ0n) is 17.0. The maximum atomic E-state index is 13.8. The molecule has 0 aliphatic carbocycles. The fourth-order valence-electron chi connectivity index (χ4n) is 4.24. The number of hydrogen-bond acceptors (Lipinski definition) is 4. The first-order valence-corrected chi connectivity index (χ1v) is 10.1. The Morgan fingerprint density at radius 3 is 2.40 bits per heavy atom. The molecule has 2 aliphatic heterocycles. The molecule has 0 spiro atoms. The summed E-state index contributed by atoms with van der Waals surface area (Å²) in [5, 5.41) is 2.84. The quantitative estimate of drug-likeness (QED) is 0.820. The van der Waals surface area contributed by atoms with Crippen LogP contribution < -0.4 is 10.2 Å². The summed E-state index contributed by atoms with van der Waals surface area (Å²) in [6.07, 6.45) is -0.117. The molecule has 2 heterocycles. The van der Waals surface area contributed by atoms with Crippen LogP contribution in [0.3, 0.4) is 0 Å². The SMILES string of the molecule is CC(=O)N[C@]1(CC(=O)N2CCOCC2)C(=O)N(Cc2ccccc2)c2ccccc21. The van der Waals surface area contributed by atoms with Crippen LogP contribution in [0.2, 0.25) is 0 Å². The number of anilines is 1. The molecule has 0 saturated carbocycles. The zero-order chi connectivity index (χ0) is 21.1. The van der Waals surface area contributed by atoms with Gasteiger partial charge >= 0.3 is 0 Å². The molecule has 7 nitrogen and oxygen atoms in total. The molecular weight excluding hydrogens is 382 g/mol. The highest BCUT2D eigenvalue weighted by Gasteiger charge is 2.53. The minimum absolute atomic E-state index is 0.117. The van der Waals surface area contributed by atoms with Gasteiger partial charge in [0.05, 0.1) is 31.9 Å². The van der Waals surface area contributed by atoms with Crippen molar-refractivity contribution in [2.24, 2.45) is 0 Å². The molecule has 0 aromatic heterocycles. The van der Waals surface area contributed by atoms with E-state index >= 15 is 0 Å². The second-order valence-electron chi connectivity index (χ2n) is 7.65. The number of ether oxygens (including phenoxy) is 1. The van der Waals surface area contributed by atoms with Gasteiger partial charge in [-0.2, -0.15) is 0 Å². The van der Waals surface area contributed by atoms with E-state index in [1.165, 1.54) is 6.92 Å². The van der Waals surface area contributed by atoms with E-state index in [1.807, 2.05) is 54.6 Å². The molecular formula is C23H25N3O4. The zero-order valence-corrected chi connectivity index (χ0v) is 17.0. The third-order valence-electron chi connectivity index (χ3n) is 5.62. The monoisotopic (exact) mass is 407 g/mol. The first kappa shape index (κ1) is 20.1. The fraction of sp³-hybridized carbons (Fsp3) is 0.348. The standard InChI is InChI=1S/C23H25N3O4/c1-17(27)24-23(15-21(28)25-11-13-30-14-12-25)19-9-5-6-10-20(19)26(22(23)29)16-18-7-3-2-4-8-18/h2-10H,11-16H2,1H3,(H,24,27)/t23-/m0/s1. The molecule has 1 atom stereocenters. The van der Waals surface area contributed by atoms with Gasteiger partial charge in [-0.05, 0) is 11.6 Å². The normalized spacial score (nSPS) is 20.8. The van der Waals surface area contributed by atoms with Gasteiger partial charge in [-0.15, -0.1) is 0 Å². The molecule has 2 aromatic carbocycles. The lowest BCUT2D eigenvalue weighted by Crippen LogP contribution is -2.55. The van der Waals surface area contributed by atoms with E-state index in [0.29, 0.717) is 38.4 Å². The maximum Gasteiger partial charge on any atom is 0.258 e. The third kappa shape index (κ3) is 3.68. The molecule has 156 valence electrons. The van der Waals surface area contributed by atoms with E-state index in [1.54, 1.807) is 9.80 Å². The minimum Gasteiger partial charge on any atom is -0.378 e. The van der Waals surface area contributed by atoms with Crippen LogP contribution in [0, 0.1) is 0 Å². The Labute approximate surface area is 175 Å². The predicted molar refractivity (Wildman–Crippen MR) is 112 cm³/mol. The summed E-state index contributed by atoms with van der Waals surface area (Å²) in [6.45, 7) is 3.66. The molecule has 1 saturated heterocycles. The van der Waals surface area contributed by atoms with Crippen molar-refractivity contribution >= 4 is 23.4 Å². The van der Waals surface area contributed by atoms with Crippen molar-refractivity contribution in [2.75, 3.05) is 31.2 Å². The summed E-state index contributed by atoms with van der Waals surface area (Å²) in [6, 6.07) is 17.0. The van der Waals surface area contributed by atoms with Crippen LogP contribution in [0.5, 0.6) is 0 Å². The maximum absolute atomic E-state index is 13.8. The topological polar surface area (TPSA) is 79.0 Å². The van der Waals surface area contributed by atoms with Gasteiger partial charge in [-0.3, -0.25) is 14.4 Å². The minimum atomic E-state index is -1.41. The van der Waals surface area contributed by atoms with Crippen molar-refractivity contribution in [1.82, 2.24) is 10.2 Å². The lowest BCUT2D eigenvalue weighted by atomic mass is 9.87. The van der Waals surface area contributed by atoms with Crippen molar-refractivity contribution in [1.29, 1.82) is 0 Å². The average molecular weight is 407 g/mol. The molecule has 1 N–H and O–H groups in total. The van der Waals surface area contributed by atoms with E-state index in [2.05, 4.69) is 5.32 Å². The highest BCUT2D eigenvalue weighted by atomic mass is 16.5. The number of nitrogens with zero attached hydrogens (tertiary/aromatic N) is 2. The van der Waals surface area contributed by atoms with Gasteiger partial charge in [0.2, 0.25) is 11.8 Å². The highest BCUT2D eigenvalue weighted by Crippen LogP contribution is 2.43. The predicted octanol–water partition coefficient (Wildman–Crippen LogP) is 1.81. The Balaban J connectivity index is 1.72. The molecule has 7 heteroatoms. The van der Waals surface area contributed by atoms with Gasteiger partial charge < -0.3 is 19.9 Å². The van der Waals surface area contributed by atoms with E-state index in [9.17, 15) is 14.4 Å². The second-order valence-corrected chi connectivity index (χ2v) is 7.65. The molecule has 4 rings (SSSR count). The molecule has 0 bridgehead atoms. The summed E-state index contributed by atoms with van der Waals surface area (Å²) in [4.78, 5) is 42.4. The van der Waals surface area contributed by atoms with Crippen LogP contribution in [0.15, 0.2) is 54.6 Å². The van der Waals surface area contributed by atoms with Crippen LogP contribution >= 0.6 is 0 Å². The van der Waals surface area contributed by atoms with Crippen molar-refractivity contribution < 1.29 is 19.1 Å². The number of carbonyl (C=O) groups is 3. The summed E-state index contributed by atoms with van der Waals surface area (Å²) in [7, 11) is 0. The number of carbonyl (C=O) groups excluding carboxylic acids is 3. The van der Waals surface area contributed by atoms with Crippen LogP contribution in [0.4, 0.5) is 5.69 Å². The van der Waals surface area contributed by atoms with E-state index in [4.69, 9.17) is 4.74 Å². The molecule has 2 aromatic rings. The van der Waals surface area contributed by atoms with E-state index < -0.39 is 5.54 Å². The van der Waals surface area contributed by atoms with Gasteiger partial charge in [0.25, 0.3) is 5.91 Å². The Hall–Kier alpha value is -3.19. The van der Waals surface area contributed by atoms with Crippen LogP contribution in [-0.2, 0) is 31.2 Å². The van der Waals surface area contributed by atoms with Crippen molar-refractivity contribution in [3.05, 3.63) is 65.7 Å². The summed E-state index contributed by atoms with van der Waals surface area (Å²) in [5.74, 6) is -0.810. The fourth-order valence-corrected chi connectivity index (χ4v) is 4.24. The molecule has 0 unspecified atom stereocenters. The number of amides is 3. The van der Waals surface area contributed by atoms with Crippen LogP contribution in [-0.4, -0.2) is 48.9 Å². The van der Waals surface area contributed by atoms with Crippen LogP contribution in [0.1, 0.15) is 24.5 Å². The molecule has 1 fully saturated rings. The van der Waals surface area contributed by atoms with Gasteiger partial charge in [0, 0.05) is 25.6 Å². The van der Waals surface area contributed by atoms with Gasteiger partial charge in [-0.25, -0.2) is 0 Å². The number of rotatable bonds is 5. The van der Waals surface area contributed by atoms with Gasteiger partial charge in [0.1, 0.15) is 0 Å². The number of benzene rings is 2. The van der Waals surface area contributed by atoms with E-state index in [0.717, 1.165) is 11.3 Å². The van der Waals surface area contributed by atoms with Crippen molar-refractivity contribution in [3.8, 4) is 0 Å². The summed E-state index contributed by atoms with van der Waals surface area (Å²) in [5.41, 5.74) is 0.934. The number of nitrogens with one attached hydrogen (secondary N) is 1. The Morgan fingerprint density at radius 2 is 1.70 bits per heavy atom. The van der Waals surface area contributed by atoms with Crippen molar-refractivity contribution in [3.63, 3.8) is 0 Å². The summed E-state index contributed by atoms with van der Waals surface area (Å²) < 4.78 is 5.33. The number of hydrogen-bond donors (Lipinski definition) is 1. The largest absolute Gasteiger partial charge is 0.378 e. The lowest BCUT2D eigenvalue weighted by molar-refractivity contribution is -0.141. The number of para-hydroxylation sites is 1. The smallest absolute Gasteiger partial charge is 0.258 e. The van der Waals surface area contributed by atoms with Crippen molar-refractivity contribution in [2.45, 2.75) is 25.4 Å². The Kier molecular flexibility index (Phi) is 5.55. The van der Waals surface area contributed by atoms with Gasteiger partial charge in [0.15, 0.2) is 5.54 Å². The molecule has 3 amide bonds. The molecule has 30 heavy (non-hydrogen) atoms. The van der Waals surface area contributed by atoms with Crippen LogP contribution in [0.25, 0.3) is 0 Å². The molecule has 0 radical (unpaired) electrons. The van der Waals surface area contributed by atoms with Gasteiger partial charge in [-0.1, -0.05) is 48.5 Å².